The van der Waals surface area contributed by atoms with Gasteiger partial charge in [0.05, 0.1) is 11.9 Å². The average Bonchev–Trinajstić information content (AvgIpc) is 2.96. The molecule has 3 aromatic heterocycles. The summed E-state index contributed by atoms with van der Waals surface area (Å²) < 4.78 is 1.77. The predicted octanol–water partition coefficient (Wildman–Crippen LogP) is 2.94. The van der Waals surface area contributed by atoms with Crippen molar-refractivity contribution >= 4 is 16.7 Å². The van der Waals surface area contributed by atoms with E-state index in [-0.39, 0.29) is 0 Å². The Bertz CT molecular complexity index is 865. The second-order valence-corrected chi connectivity index (χ2v) is 4.30. The molecular formula is C15H10N4. The van der Waals surface area contributed by atoms with Crippen molar-refractivity contribution in [3.05, 3.63) is 60.9 Å². The standard InChI is InChI=1S/C15H10N4/c1-2-5-11(6-3-1)14-12-7-4-9-16-15(12)19-13(18-14)8-10-17-19/h1-10H. The largest absolute Gasteiger partial charge is 0.236 e. The molecule has 1 aromatic carbocycles. The molecule has 0 saturated heterocycles. The van der Waals surface area contributed by atoms with E-state index in [4.69, 9.17) is 4.98 Å². The predicted molar refractivity (Wildman–Crippen MR) is 73.7 cm³/mol. The highest BCUT2D eigenvalue weighted by Gasteiger charge is 2.10. The Morgan fingerprint density at radius 3 is 2.63 bits per heavy atom. The lowest BCUT2D eigenvalue weighted by Crippen LogP contribution is -1.98. The number of fused-ring (bicyclic) bond motifs is 3. The summed E-state index contributed by atoms with van der Waals surface area (Å²) in [5.74, 6) is 0. The third-order valence-corrected chi connectivity index (χ3v) is 3.14. The molecular weight excluding hydrogens is 236 g/mol. The maximum Gasteiger partial charge on any atom is 0.165 e. The van der Waals surface area contributed by atoms with Gasteiger partial charge in [-0.25, -0.2) is 9.97 Å². The highest BCUT2D eigenvalue weighted by atomic mass is 15.3. The van der Waals surface area contributed by atoms with Crippen molar-refractivity contribution in [3.63, 3.8) is 0 Å². The van der Waals surface area contributed by atoms with Crippen molar-refractivity contribution in [1.29, 1.82) is 0 Å². The zero-order valence-electron chi connectivity index (χ0n) is 10.1. The van der Waals surface area contributed by atoms with E-state index < -0.39 is 0 Å². The summed E-state index contributed by atoms with van der Waals surface area (Å²) in [6, 6.07) is 16.0. The van der Waals surface area contributed by atoms with Crippen LogP contribution in [-0.4, -0.2) is 19.6 Å². The van der Waals surface area contributed by atoms with Gasteiger partial charge in [0.15, 0.2) is 11.3 Å². The zero-order valence-corrected chi connectivity index (χ0v) is 10.1. The lowest BCUT2D eigenvalue weighted by Gasteiger charge is -2.07. The number of benzene rings is 1. The van der Waals surface area contributed by atoms with Crippen LogP contribution < -0.4 is 0 Å². The Hall–Kier alpha value is -2.75. The second kappa shape index (κ2) is 3.88. The smallest absolute Gasteiger partial charge is 0.165 e. The number of hydrogen-bond donors (Lipinski definition) is 0. The molecule has 3 heterocycles. The van der Waals surface area contributed by atoms with Gasteiger partial charge in [-0.1, -0.05) is 30.3 Å². The molecule has 90 valence electrons. The number of hydrogen-bond acceptors (Lipinski definition) is 3. The van der Waals surface area contributed by atoms with E-state index in [0.29, 0.717) is 0 Å². The summed E-state index contributed by atoms with van der Waals surface area (Å²) in [4.78, 5) is 9.12. The van der Waals surface area contributed by atoms with Crippen LogP contribution in [0, 0.1) is 0 Å². The van der Waals surface area contributed by atoms with Gasteiger partial charge in [-0.05, 0) is 12.1 Å². The molecule has 0 bridgehead atoms. The highest BCUT2D eigenvalue weighted by molar-refractivity contribution is 5.91. The van der Waals surface area contributed by atoms with Gasteiger partial charge in [-0.2, -0.15) is 9.61 Å². The summed E-state index contributed by atoms with van der Waals surface area (Å²) in [5.41, 5.74) is 3.67. The van der Waals surface area contributed by atoms with E-state index in [0.717, 1.165) is 27.9 Å². The van der Waals surface area contributed by atoms with Crippen molar-refractivity contribution in [3.8, 4) is 11.3 Å². The van der Waals surface area contributed by atoms with Crippen molar-refractivity contribution in [1.82, 2.24) is 19.6 Å². The molecule has 0 fully saturated rings. The zero-order chi connectivity index (χ0) is 12.7. The lowest BCUT2D eigenvalue weighted by atomic mass is 10.1. The fraction of sp³-hybridized carbons (Fsp3) is 0. The van der Waals surface area contributed by atoms with Gasteiger partial charge in [0.1, 0.15) is 0 Å². The molecule has 0 aliphatic rings. The van der Waals surface area contributed by atoms with Gasteiger partial charge in [0, 0.05) is 23.2 Å². The van der Waals surface area contributed by atoms with E-state index in [1.165, 1.54) is 0 Å². The van der Waals surface area contributed by atoms with Crippen LogP contribution in [0.2, 0.25) is 0 Å². The molecule has 4 nitrogen and oxygen atoms in total. The van der Waals surface area contributed by atoms with E-state index >= 15 is 0 Å². The Kier molecular flexibility index (Phi) is 2.08. The Morgan fingerprint density at radius 1 is 0.842 bits per heavy atom. The fourth-order valence-electron chi connectivity index (χ4n) is 2.29. The SMILES string of the molecule is c1ccc(-c2nc3ccnn3c3ncccc23)cc1. The molecule has 0 N–H and O–H groups in total. The monoisotopic (exact) mass is 246 g/mol. The summed E-state index contributed by atoms with van der Waals surface area (Å²) in [6.07, 6.45) is 3.52. The molecule has 0 saturated carbocycles. The third-order valence-electron chi connectivity index (χ3n) is 3.14. The summed E-state index contributed by atoms with van der Waals surface area (Å²) in [5, 5.41) is 5.28. The number of rotatable bonds is 1. The van der Waals surface area contributed by atoms with Gasteiger partial charge in [-0.15, -0.1) is 0 Å². The Morgan fingerprint density at radius 2 is 1.74 bits per heavy atom. The average molecular weight is 246 g/mol. The number of pyridine rings is 1. The lowest BCUT2D eigenvalue weighted by molar-refractivity contribution is 0.964. The van der Waals surface area contributed by atoms with Crippen molar-refractivity contribution in [2.45, 2.75) is 0 Å². The van der Waals surface area contributed by atoms with E-state index in [2.05, 4.69) is 22.2 Å². The first-order chi connectivity index (χ1) is 9.43. The first-order valence-electron chi connectivity index (χ1n) is 6.07. The molecule has 4 heteroatoms. The molecule has 0 unspecified atom stereocenters. The molecule has 0 amide bonds. The minimum atomic E-state index is 0.810. The second-order valence-electron chi connectivity index (χ2n) is 4.30. The molecule has 0 aliphatic heterocycles. The molecule has 0 atom stereocenters. The van der Waals surface area contributed by atoms with Crippen LogP contribution >= 0.6 is 0 Å². The molecule has 4 aromatic rings. The topological polar surface area (TPSA) is 43.1 Å². The van der Waals surface area contributed by atoms with Gasteiger partial charge >= 0.3 is 0 Å². The van der Waals surface area contributed by atoms with Crippen molar-refractivity contribution in [2.24, 2.45) is 0 Å². The van der Waals surface area contributed by atoms with Crippen LogP contribution in [0.15, 0.2) is 60.9 Å². The Balaban J connectivity index is 2.19. The summed E-state index contributed by atoms with van der Waals surface area (Å²) >= 11 is 0. The third kappa shape index (κ3) is 1.50. The first kappa shape index (κ1) is 10.2. The number of nitrogens with zero attached hydrogens (tertiary/aromatic N) is 4. The van der Waals surface area contributed by atoms with Gasteiger partial charge in [0.2, 0.25) is 0 Å². The van der Waals surface area contributed by atoms with E-state index in [1.807, 2.05) is 36.4 Å². The Labute approximate surface area is 109 Å². The molecule has 0 radical (unpaired) electrons. The number of aromatic nitrogens is 4. The summed E-state index contributed by atoms with van der Waals surface area (Å²) in [7, 11) is 0. The highest BCUT2D eigenvalue weighted by Crippen LogP contribution is 2.26. The van der Waals surface area contributed by atoms with Crippen molar-refractivity contribution < 1.29 is 0 Å². The normalized spacial score (nSPS) is 11.2. The van der Waals surface area contributed by atoms with Crippen LogP contribution in [0.5, 0.6) is 0 Å². The molecule has 0 aliphatic carbocycles. The maximum atomic E-state index is 4.69. The molecule has 4 rings (SSSR count). The minimum absolute atomic E-state index is 0.810. The fourth-order valence-corrected chi connectivity index (χ4v) is 2.29. The van der Waals surface area contributed by atoms with Crippen LogP contribution in [0.1, 0.15) is 0 Å². The molecule has 0 spiro atoms. The maximum absolute atomic E-state index is 4.69. The van der Waals surface area contributed by atoms with E-state index in [1.54, 1.807) is 16.9 Å². The summed E-state index contributed by atoms with van der Waals surface area (Å²) in [6.45, 7) is 0. The quantitative estimate of drug-likeness (QED) is 0.518. The van der Waals surface area contributed by atoms with Gasteiger partial charge in [-0.3, -0.25) is 0 Å². The van der Waals surface area contributed by atoms with Gasteiger partial charge < -0.3 is 0 Å². The minimum Gasteiger partial charge on any atom is -0.236 e. The van der Waals surface area contributed by atoms with Crippen LogP contribution in [-0.2, 0) is 0 Å². The van der Waals surface area contributed by atoms with Crippen molar-refractivity contribution in [2.75, 3.05) is 0 Å². The molecule has 19 heavy (non-hydrogen) atoms. The van der Waals surface area contributed by atoms with Crippen LogP contribution in [0.4, 0.5) is 0 Å². The van der Waals surface area contributed by atoms with Crippen LogP contribution in [0.3, 0.4) is 0 Å². The van der Waals surface area contributed by atoms with Gasteiger partial charge in [0.25, 0.3) is 0 Å². The van der Waals surface area contributed by atoms with Crippen LogP contribution in [0.25, 0.3) is 27.9 Å². The van der Waals surface area contributed by atoms with E-state index in [9.17, 15) is 0 Å². The first-order valence-corrected chi connectivity index (χ1v) is 6.07.